The molecular formula is C15H10FN. The molecule has 0 unspecified atom stereocenters. The molecule has 3 rings (SSSR count). The third-order valence-electron chi connectivity index (χ3n) is 2.82. The van der Waals surface area contributed by atoms with Crippen molar-refractivity contribution in [3.8, 4) is 11.8 Å². The first-order chi connectivity index (χ1) is 8.34. The number of benzene rings is 2. The molecule has 1 nitrogen and oxygen atoms in total. The van der Waals surface area contributed by atoms with Crippen LogP contribution in [0.3, 0.4) is 0 Å². The standard InChI is InChI=1S/C15H10FN/c16-17-11-14-7-2-1-5-12(14)9-10-13-6-3-4-8-15(13)17/h1-8H,11H2. The second-order valence-electron chi connectivity index (χ2n) is 3.94. The highest BCUT2D eigenvalue weighted by atomic mass is 19.2. The summed E-state index contributed by atoms with van der Waals surface area (Å²) in [4.78, 5) is 0. The molecule has 0 N–H and O–H groups in total. The maximum absolute atomic E-state index is 14.1. The van der Waals surface area contributed by atoms with Crippen LogP contribution in [0, 0.1) is 11.8 Å². The van der Waals surface area contributed by atoms with E-state index >= 15 is 0 Å². The maximum Gasteiger partial charge on any atom is 0.0848 e. The Kier molecular flexibility index (Phi) is 2.31. The lowest BCUT2D eigenvalue weighted by atomic mass is 10.0. The number of para-hydroxylation sites is 1. The summed E-state index contributed by atoms with van der Waals surface area (Å²) in [5, 5.41) is 0.752. The number of halogens is 1. The molecule has 0 amide bonds. The first-order valence-corrected chi connectivity index (χ1v) is 5.47. The second kappa shape index (κ2) is 3.95. The van der Waals surface area contributed by atoms with Crippen molar-refractivity contribution in [3.05, 3.63) is 65.2 Å². The van der Waals surface area contributed by atoms with E-state index in [9.17, 15) is 4.48 Å². The number of hydrogen-bond donors (Lipinski definition) is 0. The Balaban J connectivity index is 2.20. The van der Waals surface area contributed by atoms with Crippen LogP contribution in [-0.4, -0.2) is 0 Å². The number of rotatable bonds is 0. The summed E-state index contributed by atoms with van der Waals surface area (Å²) >= 11 is 0. The fourth-order valence-corrected chi connectivity index (χ4v) is 1.94. The van der Waals surface area contributed by atoms with Crippen molar-refractivity contribution in [3.63, 3.8) is 0 Å². The minimum absolute atomic E-state index is 0.238. The molecule has 0 fully saturated rings. The van der Waals surface area contributed by atoms with Gasteiger partial charge in [-0.15, -0.1) is 0 Å². The van der Waals surface area contributed by atoms with Gasteiger partial charge in [0.15, 0.2) is 0 Å². The van der Waals surface area contributed by atoms with E-state index in [2.05, 4.69) is 11.8 Å². The zero-order valence-electron chi connectivity index (χ0n) is 9.15. The van der Waals surface area contributed by atoms with Crippen molar-refractivity contribution in [2.45, 2.75) is 6.54 Å². The molecule has 0 saturated heterocycles. The largest absolute Gasteiger partial charge is 0.206 e. The van der Waals surface area contributed by atoms with E-state index < -0.39 is 0 Å². The third-order valence-corrected chi connectivity index (χ3v) is 2.82. The molecule has 0 atom stereocenters. The van der Waals surface area contributed by atoms with Gasteiger partial charge in [-0.25, -0.2) is 5.12 Å². The quantitative estimate of drug-likeness (QED) is 0.489. The highest BCUT2D eigenvalue weighted by Crippen LogP contribution is 2.24. The van der Waals surface area contributed by atoms with Crippen molar-refractivity contribution in [1.29, 1.82) is 0 Å². The highest BCUT2D eigenvalue weighted by Gasteiger charge is 2.13. The average Bonchev–Trinajstić information content (AvgIpc) is 2.36. The third kappa shape index (κ3) is 1.76. The first kappa shape index (κ1) is 9.92. The maximum atomic E-state index is 14.1. The number of fused-ring (bicyclic) bond motifs is 2. The molecule has 2 heteroatoms. The fourth-order valence-electron chi connectivity index (χ4n) is 1.94. The van der Waals surface area contributed by atoms with E-state index in [0.29, 0.717) is 5.69 Å². The van der Waals surface area contributed by atoms with Crippen molar-refractivity contribution < 1.29 is 4.48 Å². The number of anilines is 1. The molecule has 17 heavy (non-hydrogen) atoms. The van der Waals surface area contributed by atoms with E-state index in [4.69, 9.17) is 0 Å². The molecule has 0 aliphatic carbocycles. The Morgan fingerprint density at radius 3 is 2.41 bits per heavy atom. The lowest BCUT2D eigenvalue weighted by Gasteiger charge is -2.18. The summed E-state index contributed by atoms with van der Waals surface area (Å²) in [5.74, 6) is 6.12. The van der Waals surface area contributed by atoms with Crippen LogP contribution in [0.4, 0.5) is 10.2 Å². The van der Waals surface area contributed by atoms with E-state index in [-0.39, 0.29) is 6.54 Å². The second-order valence-corrected chi connectivity index (χ2v) is 3.94. The van der Waals surface area contributed by atoms with Crippen LogP contribution in [-0.2, 0) is 6.54 Å². The summed E-state index contributed by atoms with van der Waals surface area (Å²) in [7, 11) is 0. The van der Waals surface area contributed by atoms with E-state index in [1.807, 2.05) is 42.5 Å². The topological polar surface area (TPSA) is 3.24 Å². The van der Waals surface area contributed by atoms with Crippen molar-refractivity contribution in [1.82, 2.24) is 0 Å². The van der Waals surface area contributed by atoms with Gasteiger partial charge in [-0.3, -0.25) is 0 Å². The molecule has 2 aromatic rings. The molecule has 0 aromatic heterocycles. The van der Waals surface area contributed by atoms with Crippen LogP contribution in [0.5, 0.6) is 0 Å². The van der Waals surface area contributed by atoms with Gasteiger partial charge in [-0.1, -0.05) is 46.7 Å². The van der Waals surface area contributed by atoms with Crippen LogP contribution in [0.25, 0.3) is 0 Å². The van der Waals surface area contributed by atoms with Crippen LogP contribution in [0.1, 0.15) is 16.7 Å². The van der Waals surface area contributed by atoms with Gasteiger partial charge in [-0.05, 0) is 23.8 Å². The fraction of sp³-hybridized carbons (Fsp3) is 0.0667. The Morgan fingerprint density at radius 2 is 1.53 bits per heavy atom. The van der Waals surface area contributed by atoms with Gasteiger partial charge in [0.05, 0.1) is 17.8 Å². The molecule has 0 saturated carbocycles. The number of hydrogen-bond acceptors (Lipinski definition) is 1. The minimum Gasteiger partial charge on any atom is -0.206 e. The van der Waals surface area contributed by atoms with E-state index in [1.165, 1.54) is 0 Å². The van der Waals surface area contributed by atoms with Gasteiger partial charge in [-0.2, -0.15) is 0 Å². The monoisotopic (exact) mass is 223 g/mol. The predicted octanol–water partition coefficient (Wildman–Crippen LogP) is 3.29. The lowest BCUT2D eigenvalue weighted by Crippen LogP contribution is -2.14. The van der Waals surface area contributed by atoms with Gasteiger partial charge in [0.2, 0.25) is 0 Å². The first-order valence-electron chi connectivity index (χ1n) is 5.47. The minimum atomic E-state index is 0.238. The Hall–Kier alpha value is -2.27. The van der Waals surface area contributed by atoms with E-state index in [0.717, 1.165) is 21.8 Å². The molecule has 0 radical (unpaired) electrons. The molecule has 0 spiro atoms. The number of nitrogens with zero attached hydrogens (tertiary/aromatic N) is 1. The Morgan fingerprint density at radius 1 is 0.882 bits per heavy atom. The summed E-state index contributed by atoms with van der Waals surface area (Å²) in [6, 6.07) is 14.9. The summed E-state index contributed by atoms with van der Waals surface area (Å²) in [6.07, 6.45) is 0. The van der Waals surface area contributed by atoms with Crippen LogP contribution in [0.2, 0.25) is 0 Å². The van der Waals surface area contributed by atoms with Gasteiger partial charge in [0, 0.05) is 5.56 Å². The molecular weight excluding hydrogens is 213 g/mol. The molecule has 1 aliphatic heterocycles. The zero-order chi connectivity index (χ0) is 11.7. The van der Waals surface area contributed by atoms with Crippen molar-refractivity contribution in [2.24, 2.45) is 0 Å². The summed E-state index contributed by atoms with van der Waals surface area (Å²) in [5.41, 5.74) is 3.07. The normalized spacial score (nSPS) is 12.6. The Labute approximate surface area is 99.4 Å². The predicted molar refractivity (Wildman–Crippen MR) is 66.2 cm³/mol. The SMILES string of the molecule is FN1Cc2ccccc2C#Cc2ccccc21. The Bertz CT molecular complexity index is 622. The van der Waals surface area contributed by atoms with Gasteiger partial charge >= 0.3 is 0 Å². The van der Waals surface area contributed by atoms with Crippen molar-refractivity contribution >= 4 is 5.69 Å². The van der Waals surface area contributed by atoms with Crippen molar-refractivity contribution in [2.75, 3.05) is 5.12 Å². The lowest BCUT2D eigenvalue weighted by molar-refractivity contribution is 0.429. The van der Waals surface area contributed by atoms with Crippen LogP contribution < -0.4 is 5.12 Å². The van der Waals surface area contributed by atoms with Gasteiger partial charge < -0.3 is 0 Å². The average molecular weight is 223 g/mol. The van der Waals surface area contributed by atoms with Crippen LogP contribution >= 0.6 is 0 Å². The molecule has 1 aliphatic rings. The van der Waals surface area contributed by atoms with Gasteiger partial charge in [0.25, 0.3) is 0 Å². The zero-order valence-corrected chi connectivity index (χ0v) is 9.15. The molecule has 0 bridgehead atoms. The van der Waals surface area contributed by atoms with Gasteiger partial charge in [0.1, 0.15) is 0 Å². The highest BCUT2D eigenvalue weighted by molar-refractivity contribution is 5.63. The van der Waals surface area contributed by atoms with Crippen LogP contribution in [0.15, 0.2) is 48.5 Å². The molecule has 1 heterocycles. The summed E-state index contributed by atoms with van der Waals surface area (Å²) in [6.45, 7) is 0.238. The smallest absolute Gasteiger partial charge is 0.0848 e. The molecule has 82 valence electrons. The molecule has 2 aromatic carbocycles. The van der Waals surface area contributed by atoms with E-state index in [1.54, 1.807) is 6.07 Å². The summed E-state index contributed by atoms with van der Waals surface area (Å²) < 4.78 is 14.1.